The summed E-state index contributed by atoms with van der Waals surface area (Å²) in [5.41, 5.74) is -0.0932. The lowest BCUT2D eigenvalue weighted by atomic mass is 10.3. The molecule has 1 aromatic carbocycles. The number of aromatic nitrogens is 1. The van der Waals surface area contributed by atoms with Gasteiger partial charge in [-0.3, -0.25) is 10.1 Å². The van der Waals surface area contributed by atoms with E-state index >= 15 is 0 Å². The van der Waals surface area contributed by atoms with E-state index in [1.807, 2.05) is 0 Å². The molecular weight excluding hydrogens is 323 g/mol. The zero-order valence-corrected chi connectivity index (χ0v) is 11.2. The van der Waals surface area contributed by atoms with Crippen LogP contribution in [0, 0.1) is 10.1 Å². The molecule has 0 atom stereocenters. The Bertz CT molecular complexity index is 607. The molecule has 0 spiro atoms. The summed E-state index contributed by atoms with van der Waals surface area (Å²) in [5, 5.41) is 10.9. The van der Waals surface area contributed by atoms with Gasteiger partial charge in [-0.2, -0.15) is 0 Å². The number of non-ortho nitro benzene ring substituents is 1. The SMILES string of the molecule is O=[N+]([O-])c1ccc(Cl)c(Oc2cccc(Br)n2)c1. The van der Waals surface area contributed by atoms with Gasteiger partial charge in [-0.15, -0.1) is 0 Å². The first-order chi connectivity index (χ1) is 8.56. The fourth-order valence-corrected chi connectivity index (χ4v) is 1.73. The first-order valence-corrected chi connectivity index (χ1v) is 5.98. The molecule has 0 amide bonds. The molecule has 0 radical (unpaired) electrons. The molecule has 2 aromatic rings. The number of hydrogen-bond acceptors (Lipinski definition) is 4. The highest BCUT2D eigenvalue weighted by molar-refractivity contribution is 9.10. The molecule has 5 nitrogen and oxygen atoms in total. The number of hydrogen-bond donors (Lipinski definition) is 0. The molecule has 0 fully saturated rings. The Morgan fingerprint density at radius 2 is 2.11 bits per heavy atom. The number of nitro benzene ring substituents is 1. The Labute approximate surface area is 116 Å². The van der Waals surface area contributed by atoms with E-state index in [1.54, 1.807) is 18.2 Å². The van der Waals surface area contributed by atoms with Crippen molar-refractivity contribution in [2.45, 2.75) is 0 Å². The van der Waals surface area contributed by atoms with Gasteiger partial charge >= 0.3 is 0 Å². The van der Waals surface area contributed by atoms with Gasteiger partial charge in [0.1, 0.15) is 4.60 Å². The molecule has 0 bridgehead atoms. The van der Waals surface area contributed by atoms with Gasteiger partial charge in [-0.05, 0) is 28.1 Å². The van der Waals surface area contributed by atoms with Gasteiger partial charge in [-0.1, -0.05) is 17.7 Å². The van der Waals surface area contributed by atoms with Crippen molar-refractivity contribution < 1.29 is 9.66 Å². The van der Waals surface area contributed by atoms with Gasteiger partial charge in [0, 0.05) is 12.1 Å². The van der Waals surface area contributed by atoms with Crippen LogP contribution in [0.2, 0.25) is 5.02 Å². The molecule has 0 unspecified atom stereocenters. The largest absolute Gasteiger partial charge is 0.437 e. The third-order valence-corrected chi connectivity index (χ3v) is 2.78. The maximum Gasteiger partial charge on any atom is 0.273 e. The van der Waals surface area contributed by atoms with E-state index in [2.05, 4.69) is 20.9 Å². The number of nitrogens with zero attached hydrogens (tertiary/aromatic N) is 2. The molecule has 0 saturated heterocycles. The molecule has 7 heteroatoms. The lowest BCUT2D eigenvalue weighted by molar-refractivity contribution is -0.384. The summed E-state index contributed by atoms with van der Waals surface area (Å²) < 4.78 is 6.00. The third-order valence-electron chi connectivity index (χ3n) is 2.03. The quantitative estimate of drug-likeness (QED) is 0.481. The fourth-order valence-electron chi connectivity index (χ4n) is 1.24. The summed E-state index contributed by atoms with van der Waals surface area (Å²) in [6.07, 6.45) is 0. The summed E-state index contributed by atoms with van der Waals surface area (Å²) in [6.45, 7) is 0. The van der Waals surface area contributed by atoms with Crippen LogP contribution in [-0.4, -0.2) is 9.91 Å². The normalized spacial score (nSPS) is 10.1. The Balaban J connectivity index is 2.33. The lowest BCUT2D eigenvalue weighted by Gasteiger charge is -2.06. The molecule has 1 aromatic heterocycles. The van der Waals surface area contributed by atoms with Crippen molar-refractivity contribution in [1.29, 1.82) is 0 Å². The van der Waals surface area contributed by atoms with Crippen LogP contribution in [0.4, 0.5) is 5.69 Å². The van der Waals surface area contributed by atoms with Crippen LogP contribution in [-0.2, 0) is 0 Å². The number of pyridine rings is 1. The highest BCUT2D eigenvalue weighted by Crippen LogP contribution is 2.32. The first-order valence-electron chi connectivity index (χ1n) is 4.80. The number of ether oxygens (including phenoxy) is 1. The summed E-state index contributed by atoms with van der Waals surface area (Å²) >= 11 is 9.10. The predicted molar refractivity (Wildman–Crippen MR) is 70.1 cm³/mol. The van der Waals surface area contributed by atoms with Gasteiger partial charge in [0.2, 0.25) is 5.88 Å². The van der Waals surface area contributed by atoms with E-state index in [4.69, 9.17) is 16.3 Å². The van der Waals surface area contributed by atoms with Crippen LogP contribution in [0.25, 0.3) is 0 Å². The van der Waals surface area contributed by atoms with Gasteiger partial charge < -0.3 is 4.74 Å². The zero-order chi connectivity index (χ0) is 13.1. The van der Waals surface area contributed by atoms with E-state index in [0.717, 1.165) is 0 Å². The van der Waals surface area contributed by atoms with Crippen LogP contribution >= 0.6 is 27.5 Å². The van der Waals surface area contributed by atoms with Crippen LogP contribution < -0.4 is 4.74 Å². The molecule has 92 valence electrons. The van der Waals surface area contributed by atoms with Crippen molar-refractivity contribution in [2.75, 3.05) is 0 Å². The van der Waals surface area contributed by atoms with Crippen molar-refractivity contribution in [3.8, 4) is 11.6 Å². The molecule has 18 heavy (non-hydrogen) atoms. The van der Waals surface area contributed by atoms with Gasteiger partial charge in [0.05, 0.1) is 16.0 Å². The summed E-state index contributed by atoms with van der Waals surface area (Å²) in [7, 11) is 0. The summed E-state index contributed by atoms with van der Waals surface area (Å²) in [5.74, 6) is 0.489. The average molecular weight is 330 g/mol. The lowest BCUT2D eigenvalue weighted by Crippen LogP contribution is -1.92. The van der Waals surface area contributed by atoms with Crippen molar-refractivity contribution in [1.82, 2.24) is 4.98 Å². The minimum Gasteiger partial charge on any atom is -0.437 e. The number of halogens is 2. The summed E-state index contributed by atoms with van der Waals surface area (Å²) in [6, 6.07) is 9.07. The highest BCUT2D eigenvalue weighted by Gasteiger charge is 2.12. The fraction of sp³-hybridized carbons (Fsp3) is 0. The molecule has 0 aliphatic heterocycles. The van der Waals surface area contributed by atoms with Crippen LogP contribution in [0.5, 0.6) is 11.6 Å². The number of nitro groups is 1. The second-order valence-corrected chi connectivity index (χ2v) is 4.49. The minimum atomic E-state index is -0.516. The maximum absolute atomic E-state index is 10.7. The molecule has 0 saturated carbocycles. The summed E-state index contributed by atoms with van der Waals surface area (Å²) in [4.78, 5) is 14.2. The van der Waals surface area contributed by atoms with Crippen molar-refractivity contribution in [2.24, 2.45) is 0 Å². The Morgan fingerprint density at radius 3 is 2.78 bits per heavy atom. The standard InChI is InChI=1S/C11H6BrClN2O3/c12-10-2-1-3-11(14-10)18-9-6-7(15(16)17)4-5-8(9)13/h1-6H. The number of rotatable bonds is 3. The van der Waals surface area contributed by atoms with E-state index in [1.165, 1.54) is 18.2 Å². The monoisotopic (exact) mass is 328 g/mol. The molecule has 0 N–H and O–H groups in total. The molecule has 0 aliphatic rings. The van der Waals surface area contributed by atoms with Crippen molar-refractivity contribution in [3.05, 3.63) is 56.1 Å². The van der Waals surface area contributed by atoms with E-state index in [9.17, 15) is 10.1 Å². The predicted octanol–water partition coefficient (Wildman–Crippen LogP) is 4.20. The van der Waals surface area contributed by atoms with Gasteiger partial charge in [0.15, 0.2) is 5.75 Å². The second-order valence-electron chi connectivity index (χ2n) is 3.27. The molecular formula is C11H6BrClN2O3. The first kappa shape index (κ1) is 12.8. The van der Waals surface area contributed by atoms with Gasteiger partial charge in [0.25, 0.3) is 5.69 Å². The molecule has 0 aliphatic carbocycles. The molecule has 2 rings (SSSR count). The van der Waals surface area contributed by atoms with E-state index in [-0.39, 0.29) is 16.5 Å². The smallest absolute Gasteiger partial charge is 0.273 e. The van der Waals surface area contributed by atoms with Crippen molar-refractivity contribution >= 4 is 33.2 Å². The van der Waals surface area contributed by atoms with E-state index < -0.39 is 4.92 Å². The molecule has 1 heterocycles. The van der Waals surface area contributed by atoms with Crippen LogP contribution in [0.3, 0.4) is 0 Å². The minimum absolute atomic E-state index is 0.0932. The highest BCUT2D eigenvalue weighted by atomic mass is 79.9. The Morgan fingerprint density at radius 1 is 1.33 bits per heavy atom. The number of benzene rings is 1. The Kier molecular flexibility index (Phi) is 3.78. The topological polar surface area (TPSA) is 65.3 Å². The van der Waals surface area contributed by atoms with Crippen LogP contribution in [0.15, 0.2) is 41.0 Å². The third kappa shape index (κ3) is 2.96. The van der Waals surface area contributed by atoms with Crippen molar-refractivity contribution in [3.63, 3.8) is 0 Å². The van der Waals surface area contributed by atoms with E-state index in [0.29, 0.717) is 10.5 Å². The zero-order valence-electron chi connectivity index (χ0n) is 8.84. The van der Waals surface area contributed by atoms with Gasteiger partial charge in [-0.25, -0.2) is 4.98 Å². The van der Waals surface area contributed by atoms with Crippen LogP contribution in [0.1, 0.15) is 0 Å². The average Bonchev–Trinajstić information content (AvgIpc) is 2.31. The Hall–Kier alpha value is -1.66. The maximum atomic E-state index is 10.7. The second kappa shape index (κ2) is 5.32.